The van der Waals surface area contributed by atoms with E-state index in [-0.39, 0.29) is 23.3 Å². The van der Waals surface area contributed by atoms with Crippen LogP contribution in [0.2, 0.25) is 0 Å². The third-order valence-electron chi connectivity index (χ3n) is 4.99. The summed E-state index contributed by atoms with van der Waals surface area (Å²) in [5.41, 5.74) is 2.55. The van der Waals surface area contributed by atoms with E-state index >= 15 is 0 Å². The highest BCUT2D eigenvalue weighted by molar-refractivity contribution is 5.92. The van der Waals surface area contributed by atoms with E-state index in [0.29, 0.717) is 24.5 Å². The van der Waals surface area contributed by atoms with Gasteiger partial charge in [-0.05, 0) is 48.4 Å². The summed E-state index contributed by atoms with van der Waals surface area (Å²) in [6.07, 6.45) is 5.76. The Morgan fingerprint density at radius 3 is 2.34 bits per heavy atom. The van der Waals surface area contributed by atoms with Gasteiger partial charge in [0.1, 0.15) is 0 Å². The number of ether oxygens (including phenoxy) is 2. The fourth-order valence-corrected chi connectivity index (χ4v) is 3.51. The molecule has 0 saturated carbocycles. The number of hydrogen-bond donors (Lipinski definition) is 2. The van der Waals surface area contributed by atoms with Gasteiger partial charge in [0.15, 0.2) is 28.8 Å². The Bertz CT molecular complexity index is 964. The number of benzene rings is 2. The third-order valence-corrected chi connectivity index (χ3v) is 4.99. The Balaban J connectivity index is 1.92. The van der Waals surface area contributed by atoms with Crippen molar-refractivity contribution in [2.45, 2.75) is 19.4 Å². The maximum absolute atomic E-state index is 12.4. The van der Waals surface area contributed by atoms with Crippen LogP contribution < -0.4 is 9.47 Å². The van der Waals surface area contributed by atoms with E-state index in [4.69, 9.17) is 9.47 Å². The summed E-state index contributed by atoms with van der Waals surface area (Å²) in [5, 5.41) is 19.6. The van der Waals surface area contributed by atoms with Crippen LogP contribution in [0.5, 0.6) is 23.0 Å². The molecule has 0 amide bonds. The molecule has 1 aliphatic heterocycles. The molecular weight excluding hydrogens is 370 g/mol. The van der Waals surface area contributed by atoms with Crippen LogP contribution in [0.3, 0.4) is 0 Å². The van der Waals surface area contributed by atoms with Gasteiger partial charge in [0, 0.05) is 24.7 Å². The van der Waals surface area contributed by atoms with Crippen LogP contribution in [0.4, 0.5) is 0 Å². The standard InChI is InChI=1S/C23H25NO5/c1-4-24-17(8-5-15-6-9-20(26)22(11-15)28-2)13-18(25)14-19(24)16-7-10-21(27)23(12-16)29-3/h5-13,19,26-27H,4,14H2,1-3H3/b8-5+. The van der Waals surface area contributed by atoms with Crippen LogP contribution in [-0.2, 0) is 4.79 Å². The van der Waals surface area contributed by atoms with Gasteiger partial charge in [-0.15, -0.1) is 0 Å². The topological polar surface area (TPSA) is 79.2 Å². The number of likely N-dealkylation sites (N-methyl/N-ethyl adjacent to an activating group) is 1. The zero-order valence-corrected chi connectivity index (χ0v) is 16.8. The summed E-state index contributed by atoms with van der Waals surface area (Å²) in [7, 11) is 3.00. The molecule has 0 saturated heterocycles. The first-order chi connectivity index (χ1) is 14.0. The van der Waals surface area contributed by atoms with Crippen molar-refractivity contribution >= 4 is 11.9 Å². The minimum Gasteiger partial charge on any atom is -0.504 e. The van der Waals surface area contributed by atoms with Gasteiger partial charge < -0.3 is 24.6 Å². The zero-order chi connectivity index (χ0) is 21.0. The molecule has 2 aromatic rings. The monoisotopic (exact) mass is 395 g/mol. The molecule has 3 rings (SSSR count). The molecule has 0 aliphatic carbocycles. The minimum absolute atomic E-state index is 0.0367. The molecule has 1 atom stereocenters. The molecule has 6 nitrogen and oxygen atoms in total. The van der Waals surface area contributed by atoms with Gasteiger partial charge in [-0.2, -0.15) is 0 Å². The van der Waals surface area contributed by atoms with Crippen LogP contribution in [0.15, 0.2) is 54.2 Å². The summed E-state index contributed by atoms with van der Waals surface area (Å²) >= 11 is 0. The summed E-state index contributed by atoms with van der Waals surface area (Å²) in [4.78, 5) is 14.6. The lowest BCUT2D eigenvalue weighted by Crippen LogP contribution is -2.33. The van der Waals surface area contributed by atoms with Gasteiger partial charge in [0.25, 0.3) is 0 Å². The van der Waals surface area contributed by atoms with E-state index < -0.39 is 0 Å². The van der Waals surface area contributed by atoms with E-state index in [1.165, 1.54) is 14.2 Å². The van der Waals surface area contributed by atoms with Gasteiger partial charge in [-0.25, -0.2) is 0 Å². The predicted octanol–water partition coefficient (Wildman–Crippen LogP) is 4.05. The highest BCUT2D eigenvalue weighted by atomic mass is 16.5. The molecule has 0 spiro atoms. The van der Waals surface area contributed by atoms with Crippen molar-refractivity contribution in [1.82, 2.24) is 4.90 Å². The number of phenolic OH excluding ortho intramolecular Hbond substituents is 2. The fraction of sp³-hybridized carbons (Fsp3) is 0.261. The largest absolute Gasteiger partial charge is 0.504 e. The summed E-state index contributed by atoms with van der Waals surface area (Å²) in [6, 6.07) is 10.1. The number of aromatic hydroxyl groups is 2. The van der Waals surface area contributed by atoms with Crippen molar-refractivity contribution in [1.29, 1.82) is 0 Å². The molecule has 0 fully saturated rings. The Kier molecular flexibility index (Phi) is 6.12. The molecule has 152 valence electrons. The first-order valence-electron chi connectivity index (χ1n) is 9.40. The van der Waals surface area contributed by atoms with Gasteiger partial charge in [-0.1, -0.05) is 18.2 Å². The Labute approximate surface area is 170 Å². The molecule has 0 radical (unpaired) electrons. The maximum atomic E-state index is 12.4. The molecule has 2 N–H and O–H groups in total. The number of phenols is 2. The fourth-order valence-electron chi connectivity index (χ4n) is 3.51. The highest BCUT2D eigenvalue weighted by Gasteiger charge is 2.28. The average molecular weight is 395 g/mol. The summed E-state index contributed by atoms with van der Waals surface area (Å²) in [5.74, 6) is 0.956. The second-order valence-corrected chi connectivity index (χ2v) is 6.74. The smallest absolute Gasteiger partial charge is 0.161 e. The molecule has 0 bridgehead atoms. The van der Waals surface area contributed by atoms with E-state index in [1.807, 2.05) is 25.1 Å². The number of nitrogens with zero attached hydrogens (tertiary/aromatic N) is 1. The zero-order valence-electron chi connectivity index (χ0n) is 16.8. The van der Waals surface area contributed by atoms with E-state index in [1.54, 1.807) is 36.4 Å². The Morgan fingerprint density at radius 1 is 1.03 bits per heavy atom. The van der Waals surface area contributed by atoms with Crippen LogP contribution in [0.1, 0.15) is 30.5 Å². The quantitative estimate of drug-likeness (QED) is 0.768. The number of carbonyl (C=O) groups excluding carboxylic acids is 1. The number of methoxy groups -OCH3 is 2. The molecular formula is C23H25NO5. The number of allylic oxidation sites excluding steroid dienone is 2. The molecule has 0 aromatic heterocycles. The van der Waals surface area contributed by atoms with Crippen molar-refractivity contribution in [2.75, 3.05) is 20.8 Å². The Morgan fingerprint density at radius 2 is 1.69 bits per heavy atom. The van der Waals surface area contributed by atoms with Crippen molar-refractivity contribution in [3.05, 3.63) is 65.4 Å². The summed E-state index contributed by atoms with van der Waals surface area (Å²) < 4.78 is 10.4. The van der Waals surface area contributed by atoms with Crippen LogP contribution >= 0.6 is 0 Å². The van der Waals surface area contributed by atoms with E-state index in [0.717, 1.165) is 16.8 Å². The Hall–Kier alpha value is -3.41. The lowest BCUT2D eigenvalue weighted by Gasteiger charge is -2.36. The number of hydrogen-bond acceptors (Lipinski definition) is 6. The van der Waals surface area contributed by atoms with Gasteiger partial charge in [-0.3, -0.25) is 4.79 Å². The number of ketones is 1. The number of rotatable bonds is 6. The van der Waals surface area contributed by atoms with Gasteiger partial charge >= 0.3 is 0 Å². The highest BCUT2D eigenvalue weighted by Crippen LogP contribution is 2.37. The maximum Gasteiger partial charge on any atom is 0.161 e. The predicted molar refractivity (Wildman–Crippen MR) is 111 cm³/mol. The van der Waals surface area contributed by atoms with Gasteiger partial charge in [0.2, 0.25) is 0 Å². The first kappa shape index (κ1) is 20.3. The first-order valence-corrected chi connectivity index (χ1v) is 9.40. The second kappa shape index (κ2) is 8.73. The second-order valence-electron chi connectivity index (χ2n) is 6.74. The average Bonchev–Trinajstić information content (AvgIpc) is 2.73. The van der Waals surface area contributed by atoms with Crippen LogP contribution in [0.25, 0.3) is 6.08 Å². The molecule has 1 heterocycles. The minimum atomic E-state index is -0.152. The lowest BCUT2D eigenvalue weighted by atomic mass is 9.94. The normalized spacial score (nSPS) is 16.8. The van der Waals surface area contributed by atoms with Crippen molar-refractivity contribution in [2.24, 2.45) is 0 Å². The molecule has 1 aliphatic rings. The molecule has 2 aromatic carbocycles. The van der Waals surface area contributed by atoms with Gasteiger partial charge in [0.05, 0.1) is 20.3 Å². The molecule has 6 heteroatoms. The third kappa shape index (κ3) is 4.37. The number of carbonyl (C=O) groups is 1. The summed E-state index contributed by atoms with van der Waals surface area (Å²) in [6.45, 7) is 2.74. The van der Waals surface area contributed by atoms with Crippen molar-refractivity contribution in [3.63, 3.8) is 0 Å². The SMILES string of the molecule is CCN1C(/C=C/c2ccc(O)c(OC)c2)=CC(=O)CC1c1ccc(O)c(OC)c1. The van der Waals surface area contributed by atoms with E-state index in [2.05, 4.69) is 4.90 Å². The lowest BCUT2D eigenvalue weighted by molar-refractivity contribution is -0.116. The van der Waals surface area contributed by atoms with Crippen molar-refractivity contribution in [3.8, 4) is 23.0 Å². The van der Waals surface area contributed by atoms with Crippen LogP contribution in [-0.4, -0.2) is 41.7 Å². The van der Waals surface area contributed by atoms with Crippen molar-refractivity contribution < 1.29 is 24.5 Å². The molecule has 1 unspecified atom stereocenters. The van der Waals surface area contributed by atoms with Crippen LogP contribution in [0, 0.1) is 0 Å². The van der Waals surface area contributed by atoms with E-state index in [9.17, 15) is 15.0 Å². The molecule has 29 heavy (non-hydrogen) atoms.